The molecule has 0 unspecified atom stereocenters. The molecule has 1 aliphatic rings. The highest BCUT2D eigenvalue weighted by atomic mass is 36.0. The molecule has 1 aliphatic heterocycles. The highest BCUT2D eigenvalue weighted by Gasteiger charge is 2.06. The first kappa shape index (κ1) is 31.5. The maximum atomic E-state index is 9.58. The molecule has 11 heteroatoms. The van der Waals surface area contributed by atoms with Gasteiger partial charge in [0.15, 0.2) is 5.98 Å². The van der Waals surface area contributed by atoms with Crippen LogP contribution in [-0.4, -0.2) is 23.4 Å². The molecule has 0 atom stereocenters. The van der Waals surface area contributed by atoms with Crippen molar-refractivity contribution in [3.05, 3.63) is 97.1 Å². The summed E-state index contributed by atoms with van der Waals surface area (Å²) in [5.74, 6) is -0.854. The summed E-state index contributed by atoms with van der Waals surface area (Å²) in [6, 6.07) is 29.5. The molecule has 0 amide bonds. The van der Waals surface area contributed by atoms with E-state index in [1.807, 2.05) is 60.7 Å². The summed E-state index contributed by atoms with van der Waals surface area (Å²) >= 11 is 20.6. The van der Waals surface area contributed by atoms with Gasteiger partial charge < -0.3 is 23.3 Å². The normalized spacial score (nSPS) is 12.0. The fourth-order valence-corrected chi connectivity index (χ4v) is 4.73. The minimum Gasteiger partial charge on any atom is -0.507 e. The predicted molar refractivity (Wildman–Crippen MR) is 167 cm³/mol. The van der Waals surface area contributed by atoms with Gasteiger partial charge in [0.25, 0.3) is 0 Å². The number of benzene rings is 4. The van der Waals surface area contributed by atoms with Crippen LogP contribution in [0.15, 0.2) is 105 Å². The van der Waals surface area contributed by atoms with Gasteiger partial charge in [-0.15, -0.1) is 0 Å². The van der Waals surface area contributed by atoms with E-state index < -0.39 is 13.3 Å². The summed E-state index contributed by atoms with van der Waals surface area (Å²) in [6.45, 7) is 2.00. The number of fused-ring (bicyclic) bond motifs is 3. The Labute approximate surface area is 248 Å². The van der Waals surface area contributed by atoms with Crippen LogP contribution >= 0.6 is 58.3 Å². The number of rotatable bonds is 1. The van der Waals surface area contributed by atoms with E-state index in [4.69, 9.17) is 58.1 Å². The SMILES string of the molecule is C1CCOC1.ClP(Cl)Cl.Clp1oc2ccccc2c2ccccc2o1.Oc1ccccc1-c1ccccc1O. The van der Waals surface area contributed by atoms with Crippen molar-refractivity contribution in [3.8, 4) is 22.6 Å². The predicted octanol–water partition coefficient (Wildman–Crippen LogP) is 11.8. The standard InChI is InChI=1S/C12H8ClO2P.C12H10O2.C4H8O.Cl3P/c13-16-14-11-7-3-1-5-9(11)10-6-2-4-8-12(10)15-16;13-11-7-3-1-5-9(11)10-6-2-4-8-12(10)14;1-2-4-5-3-1;1-4(2)3/h1-8H;1-8,13-14H;1-4H2;. The average Bonchev–Trinajstić information content (AvgIpc) is 3.47. The zero-order chi connectivity index (χ0) is 28.0. The molecule has 1 saturated heterocycles. The van der Waals surface area contributed by atoms with E-state index in [0.717, 1.165) is 35.2 Å². The van der Waals surface area contributed by atoms with Crippen molar-refractivity contribution in [2.75, 3.05) is 13.2 Å². The van der Waals surface area contributed by atoms with Crippen LogP contribution < -0.4 is 0 Å². The van der Waals surface area contributed by atoms with E-state index in [1.54, 1.807) is 36.4 Å². The summed E-state index contributed by atoms with van der Waals surface area (Å²) in [7, 11) is -1.42. The number of hydrogen-bond donors (Lipinski definition) is 2. The van der Waals surface area contributed by atoms with Crippen LogP contribution in [-0.2, 0) is 4.74 Å². The molecule has 4 aromatic carbocycles. The van der Waals surface area contributed by atoms with Gasteiger partial charge in [-0.2, -0.15) is 0 Å². The van der Waals surface area contributed by atoms with Gasteiger partial charge in [0.1, 0.15) is 22.7 Å². The van der Waals surface area contributed by atoms with Crippen LogP contribution in [0.25, 0.3) is 33.1 Å². The molecule has 2 N–H and O–H groups in total. The second-order valence-corrected chi connectivity index (χ2v) is 14.5. The fraction of sp³-hybridized carbons (Fsp3) is 0.143. The van der Waals surface area contributed by atoms with E-state index >= 15 is 0 Å². The molecule has 5 nitrogen and oxygen atoms in total. The van der Waals surface area contributed by atoms with Gasteiger partial charge in [-0.1, -0.05) is 107 Å². The molecular formula is C28H26Cl4O5P2. The zero-order valence-corrected chi connectivity index (χ0v) is 25.4. The summed E-state index contributed by atoms with van der Waals surface area (Å²) in [5, 5.41) is 21.2. The lowest BCUT2D eigenvalue weighted by Gasteiger charge is -2.05. The molecular weight excluding hydrogens is 620 g/mol. The van der Waals surface area contributed by atoms with Crippen molar-refractivity contribution < 1.29 is 23.3 Å². The third-order valence-electron chi connectivity index (χ3n) is 5.33. The molecule has 2 heterocycles. The van der Waals surface area contributed by atoms with Crippen molar-refractivity contribution in [3.63, 3.8) is 0 Å². The van der Waals surface area contributed by atoms with Crippen LogP contribution in [0.2, 0.25) is 0 Å². The summed E-state index contributed by atoms with van der Waals surface area (Å²) in [5.41, 5.74) is 2.83. The minimum atomic E-state index is -1.42. The molecule has 39 heavy (non-hydrogen) atoms. The molecule has 0 saturated carbocycles. The van der Waals surface area contributed by atoms with Gasteiger partial charge >= 0.3 is 7.37 Å². The summed E-state index contributed by atoms with van der Waals surface area (Å²) in [6.07, 6.45) is 2.56. The lowest BCUT2D eigenvalue weighted by atomic mass is 10.0. The van der Waals surface area contributed by atoms with Crippen molar-refractivity contribution in [2.24, 2.45) is 0 Å². The molecule has 1 fully saturated rings. The number of hydrogen-bond acceptors (Lipinski definition) is 5. The summed E-state index contributed by atoms with van der Waals surface area (Å²) < 4.78 is 16.0. The second kappa shape index (κ2) is 16.9. The maximum Gasteiger partial charge on any atom is 0.327 e. The topological polar surface area (TPSA) is 76.0 Å². The Hall–Kier alpha value is -2.07. The van der Waals surface area contributed by atoms with E-state index in [9.17, 15) is 10.2 Å². The Bertz CT molecular complexity index is 1380. The number of phenols is 2. The van der Waals surface area contributed by atoms with Crippen molar-refractivity contribution in [1.29, 1.82) is 0 Å². The smallest absolute Gasteiger partial charge is 0.327 e. The first-order valence-electron chi connectivity index (χ1n) is 11.8. The number of para-hydroxylation sites is 4. The third kappa shape index (κ3) is 10.4. The minimum absolute atomic E-state index is 0.175. The quantitative estimate of drug-likeness (QED) is 0.177. The Morgan fingerprint density at radius 3 is 1.31 bits per heavy atom. The van der Waals surface area contributed by atoms with Gasteiger partial charge in [0, 0.05) is 46.4 Å². The van der Waals surface area contributed by atoms with Crippen LogP contribution in [0.4, 0.5) is 0 Å². The van der Waals surface area contributed by atoms with E-state index in [0.29, 0.717) is 11.1 Å². The maximum absolute atomic E-state index is 9.58. The Balaban J connectivity index is 0.000000166. The van der Waals surface area contributed by atoms with E-state index in [1.165, 1.54) is 12.8 Å². The van der Waals surface area contributed by atoms with Crippen LogP contribution in [0.5, 0.6) is 11.5 Å². The number of phenolic OH excluding ortho intramolecular Hbond substituents is 2. The van der Waals surface area contributed by atoms with Crippen molar-refractivity contribution >= 4 is 80.2 Å². The molecule has 1 aromatic heterocycles. The van der Waals surface area contributed by atoms with Crippen molar-refractivity contribution in [2.45, 2.75) is 12.8 Å². The highest BCUT2D eigenvalue weighted by molar-refractivity contribution is 8.20. The molecule has 206 valence electrons. The highest BCUT2D eigenvalue weighted by Crippen LogP contribution is 2.51. The monoisotopic (exact) mass is 644 g/mol. The Kier molecular flexibility index (Phi) is 13.6. The van der Waals surface area contributed by atoms with Gasteiger partial charge in [-0.25, -0.2) is 0 Å². The largest absolute Gasteiger partial charge is 0.507 e. The van der Waals surface area contributed by atoms with Gasteiger partial charge in [-0.05, 0) is 37.1 Å². The molecule has 6 rings (SSSR count). The number of halogens is 4. The molecule has 0 aliphatic carbocycles. The van der Waals surface area contributed by atoms with E-state index in [2.05, 4.69) is 0 Å². The Morgan fingerprint density at radius 2 is 0.949 bits per heavy atom. The van der Waals surface area contributed by atoms with Gasteiger partial charge in [0.2, 0.25) is 0 Å². The van der Waals surface area contributed by atoms with Gasteiger partial charge in [-0.3, -0.25) is 0 Å². The van der Waals surface area contributed by atoms with Gasteiger partial charge in [0.05, 0.1) is 0 Å². The first-order chi connectivity index (χ1) is 18.9. The van der Waals surface area contributed by atoms with Crippen LogP contribution in [0.3, 0.4) is 0 Å². The van der Waals surface area contributed by atoms with Crippen molar-refractivity contribution in [1.82, 2.24) is 0 Å². The van der Waals surface area contributed by atoms with E-state index in [-0.39, 0.29) is 11.5 Å². The van der Waals surface area contributed by atoms with Crippen LogP contribution in [0, 0.1) is 0 Å². The number of aromatic hydroxyl groups is 2. The molecule has 0 spiro atoms. The lowest BCUT2D eigenvalue weighted by molar-refractivity contribution is 0.198. The molecule has 0 radical (unpaired) electrons. The Morgan fingerprint density at radius 1 is 0.590 bits per heavy atom. The molecule has 5 aromatic rings. The van der Waals surface area contributed by atoms with Crippen LogP contribution in [0.1, 0.15) is 12.8 Å². The lowest BCUT2D eigenvalue weighted by Crippen LogP contribution is -1.79. The average molecular weight is 646 g/mol. The second-order valence-electron chi connectivity index (χ2n) is 7.93. The molecule has 0 bridgehead atoms. The first-order valence-corrected chi connectivity index (χ1v) is 17.9. The zero-order valence-electron chi connectivity index (χ0n) is 20.6. The number of ether oxygens (including phenoxy) is 1. The fourth-order valence-electron chi connectivity index (χ4n) is 3.62. The summed E-state index contributed by atoms with van der Waals surface area (Å²) in [4.78, 5) is 0. The third-order valence-corrected chi connectivity index (χ3v) is 6.42.